The predicted molar refractivity (Wildman–Crippen MR) is 168 cm³/mol. The third-order valence-electron chi connectivity index (χ3n) is 7.92. The van der Waals surface area contributed by atoms with Gasteiger partial charge in [0.15, 0.2) is 0 Å². The first-order valence-corrected chi connectivity index (χ1v) is 15.6. The summed E-state index contributed by atoms with van der Waals surface area (Å²) in [6.07, 6.45) is 7.75. The summed E-state index contributed by atoms with van der Waals surface area (Å²) in [6.45, 7) is 7.79. The van der Waals surface area contributed by atoms with Gasteiger partial charge in [-0.25, -0.2) is 4.79 Å². The van der Waals surface area contributed by atoms with Crippen molar-refractivity contribution >= 4 is 35.1 Å². The van der Waals surface area contributed by atoms with Crippen molar-refractivity contribution in [2.75, 3.05) is 60.0 Å². The van der Waals surface area contributed by atoms with Crippen LogP contribution in [0, 0.1) is 0 Å². The van der Waals surface area contributed by atoms with Crippen LogP contribution in [-0.4, -0.2) is 86.6 Å². The number of ether oxygens (including phenoxy) is 1. The minimum Gasteiger partial charge on any atom is -0.496 e. The second-order valence-corrected chi connectivity index (χ2v) is 11.8. The third kappa shape index (κ3) is 11.0. The summed E-state index contributed by atoms with van der Waals surface area (Å²) in [5.41, 5.74) is 2.48. The molecule has 9 heteroatoms. The second-order valence-electron chi connectivity index (χ2n) is 10.9. The summed E-state index contributed by atoms with van der Waals surface area (Å²) < 4.78 is 5.45. The fourth-order valence-electron chi connectivity index (χ4n) is 5.35. The number of amides is 3. The number of carbonyl (C=O) groups excluding carboxylic acids is 2. The van der Waals surface area contributed by atoms with Crippen LogP contribution in [0.5, 0.6) is 5.75 Å². The molecule has 0 aromatic heterocycles. The Balaban J connectivity index is 0.000000249. The Morgan fingerprint density at radius 1 is 0.854 bits per heavy atom. The molecular weight excluding hydrogens is 559 g/mol. The molecule has 3 aliphatic heterocycles. The Morgan fingerprint density at radius 3 is 1.98 bits per heavy atom. The maximum Gasteiger partial charge on any atom is 0.317 e. The van der Waals surface area contributed by atoms with Crippen LogP contribution in [-0.2, 0) is 11.2 Å². The van der Waals surface area contributed by atoms with Gasteiger partial charge in [0.05, 0.1) is 13.7 Å². The van der Waals surface area contributed by atoms with E-state index in [1.165, 1.54) is 31.5 Å². The van der Waals surface area contributed by atoms with Gasteiger partial charge in [-0.05, 0) is 106 Å². The minimum absolute atomic E-state index is 0.0148. The lowest BCUT2D eigenvalue weighted by atomic mass is 9.89. The van der Waals surface area contributed by atoms with Gasteiger partial charge < -0.3 is 24.8 Å². The normalized spacial score (nSPS) is 17.3. The molecule has 0 atom stereocenters. The fraction of sp³-hybridized carbons (Fsp3) is 0.562. The average molecular weight is 606 g/mol. The molecule has 2 aromatic rings. The number of benzene rings is 2. The van der Waals surface area contributed by atoms with Gasteiger partial charge in [-0.3, -0.25) is 4.79 Å². The molecule has 3 fully saturated rings. The summed E-state index contributed by atoms with van der Waals surface area (Å²) in [5.74, 6) is 1.14. The van der Waals surface area contributed by atoms with Gasteiger partial charge in [-0.1, -0.05) is 48.3 Å². The first-order chi connectivity index (χ1) is 19.8. The lowest BCUT2D eigenvalue weighted by Crippen LogP contribution is -2.46. The van der Waals surface area contributed by atoms with Gasteiger partial charge in [0.1, 0.15) is 5.75 Å². The molecular formula is C32H46Cl2N4O3. The average Bonchev–Trinajstić information content (AvgIpc) is 3.71. The van der Waals surface area contributed by atoms with Crippen molar-refractivity contribution in [1.29, 1.82) is 0 Å². The summed E-state index contributed by atoms with van der Waals surface area (Å²) in [4.78, 5) is 30.3. The predicted octanol–water partition coefficient (Wildman–Crippen LogP) is 6.47. The number of methoxy groups -OCH3 is 1. The molecule has 3 saturated heterocycles. The van der Waals surface area contributed by atoms with E-state index in [4.69, 9.17) is 27.9 Å². The number of aryl methyl sites for hydroxylation is 1. The number of rotatable bonds is 5. The highest BCUT2D eigenvalue weighted by atomic mass is 35.5. The third-order valence-corrected chi connectivity index (χ3v) is 8.41. The standard InChI is InChI=1S/C19H26ClN3O3.C8H9Cl.C5H11N/c1-26-17-12-15(20)4-5-16(17)14-6-10-22(11-7-14)18(24)13-21-19(25)23-8-2-3-9-23;1-2-7-3-5-8(9)6-4-7;1-6-4-2-3-5-6/h4-5,12,14H,2-3,6-11,13H2,1H3,(H,21,25);3-6H,2H2,1H3;2-5H2,1H3. The molecule has 3 aliphatic rings. The Labute approximate surface area is 256 Å². The summed E-state index contributed by atoms with van der Waals surface area (Å²) in [6, 6.07) is 13.5. The van der Waals surface area contributed by atoms with Gasteiger partial charge >= 0.3 is 6.03 Å². The van der Waals surface area contributed by atoms with Crippen molar-refractivity contribution < 1.29 is 14.3 Å². The van der Waals surface area contributed by atoms with Crippen LogP contribution in [0.25, 0.3) is 0 Å². The van der Waals surface area contributed by atoms with Gasteiger partial charge in [0, 0.05) is 36.2 Å². The topological polar surface area (TPSA) is 65.1 Å². The van der Waals surface area contributed by atoms with Crippen molar-refractivity contribution in [1.82, 2.24) is 20.0 Å². The van der Waals surface area contributed by atoms with E-state index in [1.54, 1.807) is 12.0 Å². The molecule has 226 valence electrons. The van der Waals surface area contributed by atoms with E-state index >= 15 is 0 Å². The monoisotopic (exact) mass is 604 g/mol. The summed E-state index contributed by atoms with van der Waals surface area (Å²) in [5, 5.41) is 4.22. The van der Waals surface area contributed by atoms with Crippen LogP contribution < -0.4 is 10.1 Å². The summed E-state index contributed by atoms with van der Waals surface area (Å²) in [7, 11) is 3.82. The molecule has 0 saturated carbocycles. The van der Waals surface area contributed by atoms with Gasteiger partial charge in [-0.15, -0.1) is 0 Å². The van der Waals surface area contributed by atoms with Crippen LogP contribution in [0.2, 0.25) is 10.0 Å². The van der Waals surface area contributed by atoms with Gasteiger partial charge in [0.2, 0.25) is 5.91 Å². The van der Waals surface area contributed by atoms with E-state index in [1.807, 2.05) is 47.4 Å². The molecule has 1 N–H and O–H groups in total. The smallest absolute Gasteiger partial charge is 0.317 e. The number of hydrogen-bond acceptors (Lipinski definition) is 4. The number of nitrogens with one attached hydrogen (secondary N) is 1. The zero-order valence-electron chi connectivity index (χ0n) is 24.8. The molecule has 0 aliphatic carbocycles. The first kappa shape index (κ1) is 33.0. The zero-order chi connectivity index (χ0) is 29.6. The van der Waals surface area contributed by atoms with E-state index in [0.717, 1.165) is 61.5 Å². The molecule has 0 spiro atoms. The number of likely N-dealkylation sites (tertiary alicyclic amines) is 3. The van der Waals surface area contributed by atoms with Gasteiger partial charge in [0.25, 0.3) is 0 Å². The number of piperidine rings is 1. The molecule has 2 aromatic carbocycles. The largest absolute Gasteiger partial charge is 0.496 e. The van der Waals surface area contributed by atoms with E-state index in [-0.39, 0.29) is 18.5 Å². The van der Waals surface area contributed by atoms with Crippen molar-refractivity contribution in [2.45, 2.75) is 57.8 Å². The van der Waals surface area contributed by atoms with Gasteiger partial charge in [-0.2, -0.15) is 0 Å². The Hall–Kier alpha value is -2.48. The van der Waals surface area contributed by atoms with Crippen LogP contribution in [0.3, 0.4) is 0 Å². The molecule has 0 unspecified atom stereocenters. The zero-order valence-corrected chi connectivity index (χ0v) is 26.4. The first-order valence-electron chi connectivity index (χ1n) is 14.9. The number of nitrogens with zero attached hydrogens (tertiary/aromatic N) is 3. The van der Waals surface area contributed by atoms with E-state index in [9.17, 15) is 9.59 Å². The number of hydrogen-bond donors (Lipinski definition) is 1. The number of urea groups is 1. The van der Waals surface area contributed by atoms with Crippen molar-refractivity contribution in [3.05, 3.63) is 63.6 Å². The SMILES string of the molecule is CCc1ccc(Cl)cc1.CN1CCCC1.COc1cc(Cl)ccc1C1CCN(C(=O)CNC(=O)N2CCCC2)CC1. The lowest BCUT2D eigenvalue weighted by molar-refractivity contribution is -0.131. The quantitative estimate of drug-likeness (QED) is 0.424. The maximum absolute atomic E-state index is 12.4. The minimum atomic E-state index is -0.128. The lowest BCUT2D eigenvalue weighted by Gasteiger charge is -2.33. The molecule has 0 radical (unpaired) electrons. The van der Waals surface area contributed by atoms with Crippen LogP contribution in [0.1, 0.15) is 62.5 Å². The van der Waals surface area contributed by atoms with Crippen LogP contribution in [0.15, 0.2) is 42.5 Å². The highest BCUT2D eigenvalue weighted by molar-refractivity contribution is 6.30. The summed E-state index contributed by atoms with van der Waals surface area (Å²) >= 11 is 11.7. The molecule has 3 amide bonds. The maximum atomic E-state index is 12.4. The van der Waals surface area contributed by atoms with Crippen molar-refractivity contribution in [2.24, 2.45) is 0 Å². The molecule has 7 nitrogen and oxygen atoms in total. The van der Waals surface area contributed by atoms with Crippen molar-refractivity contribution in [3.8, 4) is 5.75 Å². The van der Waals surface area contributed by atoms with Crippen LogP contribution in [0.4, 0.5) is 4.79 Å². The molecule has 41 heavy (non-hydrogen) atoms. The van der Waals surface area contributed by atoms with Crippen molar-refractivity contribution in [3.63, 3.8) is 0 Å². The number of halogens is 2. The highest BCUT2D eigenvalue weighted by Gasteiger charge is 2.26. The van der Waals surface area contributed by atoms with E-state index < -0.39 is 0 Å². The van der Waals surface area contributed by atoms with E-state index in [0.29, 0.717) is 24.0 Å². The second kappa shape index (κ2) is 17.5. The van der Waals surface area contributed by atoms with Crippen LogP contribution >= 0.6 is 23.2 Å². The molecule has 5 rings (SSSR count). The Morgan fingerprint density at radius 2 is 1.44 bits per heavy atom. The number of carbonyl (C=O) groups is 2. The molecule has 0 bridgehead atoms. The molecule has 3 heterocycles. The fourth-order valence-corrected chi connectivity index (χ4v) is 5.64. The Kier molecular flexibility index (Phi) is 14.1. The van der Waals surface area contributed by atoms with E-state index in [2.05, 4.69) is 24.2 Å². The Bertz CT molecular complexity index is 1080. The highest BCUT2D eigenvalue weighted by Crippen LogP contribution is 2.35.